The van der Waals surface area contributed by atoms with E-state index in [0.717, 1.165) is 43.9 Å². The molecular weight excluding hydrogens is 370 g/mol. The number of hydrogen-bond donors (Lipinski definition) is 0. The SMILES string of the molecule is CC(C)(C)[Si](C)(C)OCCN1CCN(c2ccc(Br)nc2)CC1. The van der Waals surface area contributed by atoms with Gasteiger partial charge in [0.25, 0.3) is 0 Å². The van der Waals surface area contributed by atoms with Crippen molar-refractivity contribution in [2.24, 2.45) is 0 Å². The molecule has 0 aliphatic carbocycles. The summed E-state index contributed by atoms with van der Waals surface area (Å²) in [6, 6.07) is 4.14. The Balaban J connectivity index is 1.74. The molecule has 0 saturated carbocycles. The van der Waals surface area contributed by atoms with Crippen molar-refractivity contribution in [2.75, 3.05) is 44.2 Å². The Labute approximate surface area is 150 Å². The summed E-state index contributed by atoms with van der Waals surface area (Å²) in [5.41, 5.74) is 1.21. The van der Waals surface area contributed by atoms with Crippen LogP contribution in [0, 0.1) is 0 Å². The van der Waals surface area contributed by atoms with Crippen LogP contribution in [-0.4, -0.2) is 57.5 Å². The first-order valence-electron chi connectivity index (χ1n) is 8.42. The van der Waals surface area contributed by atoms with Crippen LogP contribution < -0.4 is 4.90 Å². The minimum Gasteiger partial charge on any atom is -0.416 e. The number of halogens is 1. The summed E-state index contributed by atoms with van der Waals surface area (Å²) in [4.78, 5) is 9.24. The molecule has 1 saturated heterocycles. The Morgan fingerprint density at radius 3 is 2.35 bits per heavy atom. The molecule has 4 nitrogen and oxygen atoms in total. The van der Waals surface area contributed by atoms with Gasteiger partial charge in [-0.05, 0) is 46.2 Å². The van der Waals surface area contributed by atoms with Crippen molar-refractivity contribution in [1.82, 2.24) is 9.88 Å². The van der Waals surface area contributed by atoms with Crippen molar-refractivity contribution >= 4 is 29.9 Å². The Bertz CT molecular complexity index is 494. The van der Waals surface area contributed by atoms with Crippen LogP contribution in [0.4, 0.5) is 5.69 Å². The second-order valence-electron chi connectivity index (χ2n) is 7.78. The molecule has 0 bridgehead atoms. The molecular formula is C17H30BrN3OSi. The van der Waals surface area contributed by atoms with Gasteiger partial charge >= 0.3 is 0 Å². The molecule has 0 unspecified atom stereocenters. The van der Waals surface area contributed by atoms with E-state index in [1.54, 1.807) is 0 Å². The molecule has 23 heavy (non-hydrogen) atoms. The minimum atomic E-state index is -1.61. The third-order valence-electron chi connectivity index (χ3n) is 5.13. The molecule has 130 valence electrons. The summed E-state index contributed by atoms with van der Waals surface area (Å²) < 4.78 is 7.18. The predicted octanol–water partition coefficient (Wildman–Crippen LogP) is 3.99. The lowest BCUT2D eigenvalue weighted by Crippen LogP contribution is -2.48. The number of rotatable bonds is 5. The van der Waals surface area contributed by atoms with E-state index in [-0.39, 0.29) is 0 Å². The quantitative estimate of drug-likeness (QED) is 0.552. The number of nitrogens with zero attached hydrogens (tertiary/aromatic N) is 3. The van der Waals surface area contributed by atoms with Crippen LogP contribution in [0.1, 0.15) is 20.8 Å². The van der Waals surface area contributed by atoms with E-state index < -0.39 is 8.32 Å². The van der Waals surface area contributed by atoms with E-state index in [1.807, 2.05) is 12.3 Å². The molecule has 2 rings (SSSR count). The summed E-state index contributed by atoms with van der Waals surface area (Å²) in [6.45, 7) is 17.7. The van der Waals surface area contributed by atoms with Crippen molar-refractivity contribution in [1.29, 1.82) is 0 Å². The van der Waals surface area contributed by atoms with E-state index in [1.165, 1.54) is 5.69 Å². The number of aromatic nitrogens is 1. The number of piperazine rings is 1. The van der Waals surface area contributed by atoms with Gasteiger partial charge in [-0.3, -0.25) is 4.90 Å². The summed E-state index contributed by atoms with van der Waals surface area (Å²) in [6.07, 6.45) is 1.94. The smallest absolute Gasteiger partial charge is 0.192 e. The summed E-state index contributed by atoms with van der Waals surface area (Å²) in [7, 11) is -1.61. The Morgan fingerprint density at radius 2 is 1.83 bits per heavy atom. The number of anilines is 1. The lowest BCUT2D eigenvalue weighted by molar-refractivity contribution is 0.191. The third kappa shape index (κ3) is 5.27. The van der Waals surface area contributed by atoms with Crippen molar-refractivity contribution in [3.05, 3.63) is 22.9 Å². The fourth-order valence-corrected chi connectivity index (χ4v) is 3.70. The molecule has 0 aromatic carbocycles. The molecule has 0 spiro atoms. The highest BCUT2D eigenvalue weighted by Gasteiger charge is 2.37. The zero-order valence-electron chi connectivity index (χ0n) is 15.1. The monoisotopic (exact) mass is 399 g/mol. The standard InChI is InChI=1S/C17H30BrN3OSi/c1-17(2,3)23(4,5)22-13-12-20-8-10-21(11-9-20)15-6-7-16(18)19-14-15/h6-7,14H,8-13H2,1-5H3. The largest absolute Gasteiger partial charge is 0.416 e. The van der Waals surface area contributed by atoms with Crippen LogP contribution in [-0.2, 0) is 4.43 Å². The van der Waals surface area contributed by atoms with Gasteiger partial charge < -0.3 is 9.33 Å². The highest BCUT2D eigenvalue weighted by molar-refractivity contribution is 9.10. The van der Waals surface area contributed by atoms with Gasteiger partial charge in [-0.1, -0.05) is 20.8 Å². The lowest BCUT2D eigenvalue weighted by Gasteiger charge is -2.38. The van der Waals surface area contributed by atoms with E-state index in [2.05, 4.69) is 70.6 Å². The zero-order chi connectivity index (χ0) is 17.1. The number of hydrogen-bond acceptors (Lipinski definition) is 4. The Kier molecular flexibility index (Phi) is 6.27. The van der Waals surface area contributed by atoms with Gasteiger partial charge in [-0.2, -0.15) is 0 Å². The zero-order valence-corrected chi connectivity index (χ0v) is 17.7. The van der Waals surface area contributed by atoms with E-state index >= 15 is 0 Å². The van der Waals surface area contributed by atoms with Gasteiger partial charge in [0.15, 0.2) is 8.32 Å². The van der Waals surface area contributed by atoms with Gasteiger partial charge in [0.2, 0.25) is 0 Å². The predicted molar refractivity (Wildman–Crippen MR) is 104 cm³/mol. The fourth-order valence-electron chi connectivity index (χ4n) is 2.43. The molecule has 1 aromatic heterocycles. The summed E-state index contributed by atoms with van der Waals surface area (Å²) in [5, 5.41) is 0.292. The van der Waals surface area contributed by atoms with Gasteiger partial charge in [0.05, 0.1) is 11.9 Å². The first-order chi connectivity index (χ1) is 10.7. The van der Waals surface area contributed by atoms with Crippen LogP contribution in [0.5, 0.6) is 0 Å². The average molecular weight is 400 g/mol. The average Bonchev–Trinajstić information content (AvgIpc) is 2.47. The molecule has 6 heteroatoms. The van der Waals surface area contributed by atoms with Gasteiger partial charge in [-0.15, -0.1) is 0 Å². The highest BCUT2D eigenvalue weighted by atomic mass is 79.9. The molecule has 1 aliphatic rings. The summed E-state index contributed by atoms with van der Waals surface area (Å²) >= 11 is 3.39. The molecule has 0 N–H and O–H groups in total. The molecule has 0 radical (unpaired) electrons. The van der Waals surface area contributed by atoms with E-state index in [9.17, 15) is 0 Å². The van der Waals surface area contributed by atoms with Crippen molar-refractivity contribution in [2.45, 2.75) is 38.9 Å². The van der Waals surface area contributed by atoms with Gasteiger partial charge in [0.1, 0.15) is 4.60 Å². The third-order valence-corrected chi connectivity index (χ3v) is 10.1. The molecule has 1 aromatic rings. The normalized spacial score (nSPS) is 17.6. The van der Waals surface area contributed by atoms with Crippen LogP contribution in [0.25, 0.3) is 0 Å². The maximum absolute atomic E-state index is 6.29. The second-order valence-corrected chi connectivity index (χ2v) is 13.4. The van der Waals surface area contributed by atoms with Gasteiger partial charge in [-0.25, -0.2) is 4.98 Å². The Morgan fingerprint density at radius 1 is 1.17 bits per heavy atom. The Hall–Kier alpha value is -0.433. The maximum atomic E-state index is 6.29. The van der Waals surface area contributed by atoms with Crippen molar-refractivity contribution in [3.63, 3.8) is 0 Å². The number of pyridine rings is 1. The second kappa shape index (κ2) is 7.63. The van der Waals surface area contributed by atoms with Crippen LogP contribution in [0.2, 0.25) is 18.1 Å². The molecule has 1 aliphatic heterocycles. The van der Waals surface area contributed by atoms with Crippen LogP contribution in [0.3, 0.4) is 0 Å². The molecule has 0 atom stereocenters. The van der Waals surface area contributed by atoms with E-state index in [0.29, 0.717) is 5.04 Å². The van der Waals surface area contributed by atoms with Crippen LogP contribution in [0.15, 0.2) is 22.9 Å². The van der Waals surface area contributed by atoms with Gasteiger partial charge in [0, 0.05) is 39.3 Å². The van der Waals surface area contributed by atoms with Crippen molar-refractivity contribution < 1.29 is 4.43 Å². The van der Waals surface area contributed by atoms with E-state index in [4.69, 9.17) is 4.43 Å². The highest BCUT2D eigenvalue weighted by Crippen LogP contribution is 2.36. The lowest BCUT2D eigenvalue weighted by atomic mass is 10.2. The van der Waals surface area contributed by atoms with Crippen molar-refractivity contribution in [3.8, 4) is 0 Å². The molecule has 2 heterocycles. The molecule has 1 fully saturated rings. The fraction of sp³-hybridized carbons (Fsp3) is 0.706. The first-order valence-corrected chi connectivity index (χ1v) is 12.1. The summed E-state index contributed by atoms with van der Waals surface area (Å²) in [5.74, 6) is 0. The maximum Gasteiger partial charge on any atom is 0.192 e. The minimum absolute atomic E-state index is 0.292. The topological polar surface area (TPSA) is 28.6 Å². The van der Waals surface area contributed by atoms with Crippen LogP contribution >= 0.6 is 15.9 Å². The first kappa shape index (κ1) is 18.9. The molecule has 0 amide bonds.